The summed E-state index contributed by atoms with van der Waals surface area (Å²) in [7, 11) is 3.23. The number of hydrogen-bond acceptors (Lipinski definition) is 7. The first-order chi connectivity index (χ1) is 9.60. The summed E-state index contributed by atoms with van der Waals surface area (Å²) in [6.45, 7) is 5.48. The molecule has 0 atom stereocenters. The first-order valence-electron chi connectivity index (χ1n) is 6.62. The number of anilines is 2. The average Bonchev–Trinajstić information content (AvgIpc) is 2.45. The lowest BCUT2D eigenvalue weighted by molar-refractivity contribution is -0.119. The van der Waals surface area contributed by atoms with Crippen LogP contribution in [0.25, 0.3) is 0 Å². The highest BCUT2D eigenvalue weighted by Gasteiger charge is 2.13. The van der Waals surface area contributed by atoms with Gasteiger partial charge in [-0.25, -0.2) is 0 Å². The third-order valence-corrected chi connectivity index (χ3v) is 2.41. The molecule has 0 aliphatic heterocycles. The van der Waals surface area contributed by atoms with Crippen molar-refractivity contribution < 1.29 is 9.53 Å². The van der Waals surface area contributed by atoms with E-state index in [2.05, 4.69) is 25.6 Å². The van der Waals surface area contributed by atoms with E-state index in [1.165, 1.54) is 7.11 Å². The van der Waals surface area contributed by atoms with Gasteiger partial charge in [0.25, 0.3) is 0 Å². The summed E-state index contributed by atoms with van der Waals surface area (Å²) >= 11 is 0. The van der Waals surface area contributed by atoms with Crippen LogP contribution in [0.15, 0.2) is 0 Å². The maximum Gasteiger partial charge on any atom is 0.322 e. The predicted octanol–water partition coefficient (Wildman–Crippen LogP) is 0.274. The maximum absolute atomic E-state index is 11.7. The third kappa shape index (κ3) is 4.87. The number of carbonyl (C=O) groups excluding carboxylic acids is 1. The molecule has 0 aromatic carbocycles. The second kappa shape index (κ2) is 8.13. The Hall–Kier alpha value is -2.12. The Labute approximate surface area is 119 Å². The lowest BCUT2D eigenvalue weighted by atomic mass is 10.4. The first kappa shape index (κ1) is 15.9. The molecule has 0 radical (unpaired) electrons. The van der Waals surface area contributed by atoms with Gasteiger partial charge in [-0.15, -0.1) is 0 Å². The average molecular weight is 282 g/mol. The van der Waals surface area contributed by atoms with E-state index in [9.17, 15) is 4.79 Å². The molecule has 1 aromatic heterocycles. The summed E-state index contributed by atoms with van der Waals surface area (Å²) in [6, 6.07) is 0.215. The molecule has 0 unspecified atom stereocenters. The fourth-order valence-electron chi connectivity index (χ4n) is 1.45. The Morgan fingerprint density at radius 2 is 2.05 bits per heavy atom. The van der Waals surface area contributed by atoms with Gasteiger partial charge >= 0.3 is 6.01 Å². The highest BCUT2D eigenvalue weighted by atomic mass is 16.5. The lowest BCUT2D eigenvalue weighted by Crippen LogP contribution is -2.36. The van der Waals surface area contributed by atoms with Crippen molar-refractivity contribution in [1.82, 2.24) is 20.3 Å². The zero-order valence-electron chi connectivity index (χ0n) is 12.4. The number of hydrogen-bond donors (Lipinski definition) is 2. The summed E-state index contributed by atoms with van der Waals surface area (Å²) < 4.78 is 5.03. The van der Waals surface area contributed by atoms with Gasteiger partial charge in [0.2, 0.25) is 17.8 Å². The van der Waals surface area contributed by atoms with Crippen LogP contribution >= 0.6 is 0 Å². The van der Waals surface area contributed by atoms with Crippen molar-refractivity contribution in [1.29, 1.82) is 0 Å². The summed E-state index contributed by atoms with van der Waals surface area (Å²) in [5.74, 6) is 0.744. The van der Waals surface area contributed by atoms with E-state index >= 15 is 0 Å². The van der Waals surface area contributed by atoms with Gasteiger partial charge in [0.15, 0.2) is 0 Å². The fraction of sp³-hybridized carbons (Fsp3) is 0.667. The SMILES string of the molecule is CCCNC(=O)CN(C)c1nc(NCC)nc(OC)n1. The predicted molar refractivity (Wildman–Crippen MR) is 77.1 cm³/mol. The van der Waals surface area contributed by atoms with Gasteiger partial charge in [0.05, 0.1) is 13.7 Å². The van der Waals surface area contributed by atoms with Gasteiger partial charge in [-0.3, -0.25) is 4.79 Å². The Morgan fingerprint density at radius 1 is 1.30 bits per heavy atom. The van der Waals surface area contributed by atoms with E-state index in [0.717, 1.165) is 6.42 Å². The zero-order chi connectivity index (χ0) is 15.0. The van der Waals surface area contributed by atoms with Crippen molar-refractivity contribution in [2.45, 2.75) is 20.3 Å². The standard InChI is InChI=1S/C12H22N6O2/c1-5-7-14-9(19)8-18(3)11-15-10(13-6-2)16-12(17-11)20-4/h5-8H2,1-4H3,(H,14,19)(H,13,15,16,17). The Morgan fingerprint density at radius 3 is 2.65 bits per heavy atom. The largest absolute Gasteiger partial charge is 0.467 e. The molecular formula is C12H22N6O2. The second-order valence-electron chi connectivity index (χ2n) is 4.18. The zero-order valence-corrected chi connectivity index (χ0v) is 12.4. The van der Waals surface area contributed by atoms with Crippen molar-refractivity contribution in [3.63, 3.8) is 0 Å². The molecule has 0 bridgehead atoms. The van der Waals surface area contributed by atoms with E-state index in [0.29, 0.717) is 25.0 Å². The van der Waals surface area contributed by atoms with Gasteiger partial charge in [0, 0.05) is 20.1 Å². The molecule has 0 fully saturated rings. The second-order valence-corrected chi connectivity index (χ2v) is 4.18. The Balaban J connectivity index is 2.77. The summed E-state index contributed by atoms with van der Waals surface area (Å²) in [5.41, 5.74) is 0. The van der Waals surface area contributed by atoms with Crippen molar-refractivity contribution in [3.8, 4) is 6.01 Å². The van der Waals surface area contributed by atoms with E-state index in [1.807, 2.05) is 13.8 Å². The van der Waals surface area contributed by atoms with Crippen molar-refractivity contribution in [2.75, 3.05) is 44.0 Å². The number of carbonyl (C=O) groups is 1. The highest BCUT2D eigenvalue weighted by molar-refractivity contribution is 5.80. The van der Waals surface area contributed by atoms with E-state index in [1.54, 1.807) is 11.9 Å². The summed E-state index contributed by atoms with van der Waals surface area (Å²) in [6.07, 6.45) is 0.902. The molecule has 1 amide bonds. The molecule has 112 valence electrons. The van der Waals surface area contributed by atoms with Crippen LogP contribution in [-0.4, -0.2) is 54.7 Å². The van der Waals surface area contributed by atoms with Gasteiger partial charge in [-0.05, 0) is 13.3 Å². The molecule has 0 saturated carbocycles. The number of likely N-dealkylation sites (N-methyl/N-ethyl adjacent to an activating group) is 1. The quantitative estimate of drug-likeness (QED) is 0.707. The Kier molecular flexibility index (Phi) is 6.48. The van der Waals surface area contributed by atoms with Crippen molar-refractivity contribution >= 4 is 17.8 Å². The monoisotopic (exact) mass is 282 g/mol. The molecular weight excluding hydrogens is 260 g/mol. The van der Waals surface area contributed by atoms with E-state index in [-0.39, 0.29) is 18.5 Å². The van der Waals surface area contributed by atoms with Crippen molar-refractivity contribution in [2.24, 2.45) is 0 Å². The topological polar surface area (TPSA) is 92.3 Å². The number of amides is 1. The molecule has 0 aliphatic carbocycles. The van der Waals surface area contributed by atoms with Gasteiger partial charge in [-0.2, -0.15) is 15.0 Å². The number of methoxy groups -OCH3 is 1. The molecule has 0 aliphatic rings. The van der Waals surface area contributed by atoms with Gasteiger partial charge in [-0.1, -0.05) is 6.92 Å². The smallest absolute Gasteiger partial charge is 0.322 e. The maximum atomic E-state index is 11.7. The minimum atomic E-state index is -0.0706. The number of nitrogens with one attached hydrogen (secondary N) is 2. The van der Waals surface area contributed by atoms with Crippen LogP contribution in [0.2, 0.25) is 0 Å². The third-order valence-electron chi connectivity index (χ3n) is 2.41. The van der Waals surface area contributed by atoms with Gasteiger partial charge in [0.1, 0.15) is 0 Å². The number of nitrogens with zero attached hydrogens (tertiary/aromatic N) is 4. The molecule has 0 saturated heterocycles. The summed E-state index contributed by atoms with van der Waals surface area (Å²) in [4.78, 5) is 25.8. The number of ether oxygens (including phenoxy) is 1. The fourth-order valence-corrected chi connectivity index (χ4v) is 1.45. The van der Waals surface area contributed by atoms with E-state index in [4.69, 9.17) is 4.74 Å². The minimum Gasteiger partial charge on any atom is -0.467 e. The molecule has 20 heavy (non-hydrogen) atoms. The van der Waals surface area contributed by atoms with Crippen molar-refractivity contribution in [3.05, 3.63) is 0 Å². The molecule has 8 heteroatoms. The van der Waals surface area contributed by atoms with Crippen LogP contribution in [-0.2, 0) is 4.79 Å². The Bertz CT molecular complexity index is 440. The van der Waals surface area contributed by atoms with Crippen LogP contribution in [0.4, 0.5) is 11.9 Å². The molecule has 2 N–H and O–H groups in total. The number of aromatic nitrogens is 3. The molecule has 1 rings (SSSR count). The number of rotatable bonds is 8. The molecule has 8 nitrogen and oxygen atoms in total. The van der Waals surface area contributed by atoms with Crippen LogP contribution in [0.5, 0.6) is 6.01 Å². The van der Waals surface area contributed by atoms with E-state index < -0.39 is 0 Å². The van der Waals surface area contributed by atoms with Crippen LogP contribution in [0, 0.1) is 0 Å². The first-order valence-corrected chi connectivity index (χ1v) is 6.62. The van der Waals surface area contributed by atoms with Crippen LogP contribution < -0.4 is 20.3 Å². The highest BCUT2D eigenvalue weighted by Crippen LogP contribution is 2.13. The molecule has 0 spiro atoms. The summed E-state index contributed by atoms with van der Waals surface area (Å²) in [5, 5.41) is 5.80. The van der Waals surface area contributed by atoms with Crippen LogP contribution in [0.1, 0.15) is 20.3 Å². The minimum absolute atomic E-state index is 0.0706. The van der Waals surface area contributed by atoms with Crippen LogP contribution in [0.3, 0.4) is 0 Å². The van der Waals surface area contributed by atoms with Gasteiger partial charge < -0.3 is 20.3 Å². The molecule has 1 heterocycles. The normalized spacial score (nSPS) is 10.0. The molecule has 1 aromatic rings. The lowest BCUT2D eigenvalue weighted by Gasteiger charge is -2.17.